The minimum Gasteiger partial charge on any atom is -0.378 e. The number of hydrogen-bond acceptors (Lipinski definition) is 4. The van der Waals surface area contributed by atoms with Crippen molar-refractivity contribution in [3.05, 3.63) is 16.9 Å². The smallest absolute Gasteiger partial charge is 0.0834 e. The second-order valence-corrected chi connectivity index (χ2v) is 5.47. The number of aryl methyl sites for hydroxylation is 1. The fourth-order valence-corrected chi connectivity index (χ4v) is 3.07. The van der Waals surface area contributed by atoms with E-state index in [2.05, 4.69) is 17.4 Å². The Balaban J connectivity index is 1.95. The van der Waals surface area contributed by atoms with Gasteiger partial charge in [0.1, 0.15) is 0 Å². The Bertz CT molecular complexity index is 403. The molecule has 3 N–H and O–H groups in total. The van der Waals surface area contributed by atoms with Crippen LogP contribution in [0.4, 0.5) is 0 Å². The molecule has 0 spiro atoms. The van der Waals surface area contributed by atoms with Crippen molar-refractivity contribution < 1.29 is 4.74 Å². The Morgan fingerprint density at radius 2 is 2.32 bits per heavy atom. The lowest BCUT2D eigenvalue weighted by molar-refractivity contribution is -0.0293. The fourth-order valence-electron chi connectivity index (χ4n) is 2.80. The van der Waals surface area contributed by atoms with Gasteiger partial charge in [-0.3, -0.25) is 16.0 Å². The van der Waals surface area contributed by atoms with E-state index in [1.165, 1.54) is 0 Å². The van der Waals surface area contributed by atoms with Crippen LogP contribution in [0.25, 0.3) is 0 Å². The van der Waals surface area contributed by atoms with Gasteiger partial charge in [0, 0.05) is 13.2 Å². The first-order valence-corrected chi connectivity index (χ1v) is 7.36. The summed E-state index contributed by atoms with van der Waals surface area (Å²) in [6.45, 7) is 5.68. The van der Waals surface area contributed by atoms with Crippen molar-refractivity contribution in [1.29, 1.82) is 0 Å². The molecule has 1 aromatic heterocycles. The molecule has 1 fully saturated rings. The maximum Gasteiger partial charge on any atom is 0.0834 e. The Morgan fingerprint density at radius 3 is 2.89 bits per heavy atom. The third-order valence-corrected chi connectivity index (χ3v) is 4.12. The molecule has 0 bridgehead atoms. The number of nitrogens with one attached hydrogen (secondary N) is 1. The van der Waals surface area contributed by atoms with Gasteiger partial charge in [-0.1, -0.05) is 11.6 Å². The first kappa shape index (κ1) is 14.8. The molecule has 1 saturated carbocycles. The van der Waals surface area contributed by atoms with Crippen molar-refractivity contribution in [2.75, 3.05) is 6.61 Å². The fraction of sp³-hybridized carbons (Fsp3) is 0.769. The van der Waals surface area contributed by atoms with E-state index in [-0.39, 0.29) is 6.04 Å². The van der Waals surface area contributed by atoms with Crippen molar-refractivity contribution in [1.82, 2.24) is 15.2 Å². The monoisotopic (exact) mass is 286 g/mol. The minimum atomic E-state index is 0.0579. The lowest BCUT2D eigenvalue weighted by atomic mass is 9.78. The van der Waals surface area contributed by atoms with Crippen LogP contribution in [-0.2, 0) is 11.3 Å². The molecule has 1 aromatic rings. The Labute approximate surface area is 119 Å². The topological polar surface area (TPSA) is 65.1 Å². The molecule has 6 heteroatoms. The van der Waals surface area contributed by atoms with Crippen molar-refractivity contribution in [2.45, 2.75) is 51.8 Å². The summed E-state index contributed by atoms with van der Waals surface area (Å²) in [5.74, 6) is 6.34. The van der Waals surface area contributed by atoms with Crippen molar-refractivity contribution in [3.63, 3.8) is 0 Å². The van der Waals surface area contributed by atoms with Crippen molar-refractivity contribution in [3.8, 4) is 0 Å². The van der Waals surface area contributed by atoms with Gasteiger partial charge in [-0.25, -0.2) is 0 Å². The van der Waals surface area contributed by atoms with E-state index in [1.54, 1.807) is 6.20 Å². The highest BCUT2D eigenvalue weighted by molar-refractivity contribution is 6.31. The van der Waals surface area contributed by atoms with Gasteiger partial charge >= 0.3 is 0 Å². The largest absolute Gasteiger partial charge is 0.378 e. The van der Waals surface area contributed by atoms with E-state index in [9.17, 15) is 0 Å². The summed E-state index contributed by atoms with van der Waals surface area (Å²) in [5.41, 5.74) is 3.87. The quantitative estimate of drug-likeness (QED) is 0.596. The van der Waals surface area contributed by atoms with E-state index < -0.39 is 0 Å². The highest BCUT2D eigenvalue weighted by atomic mass is 35.5. The molecule has 1 heterocycles. The molecular weight excluding hydrogens is 264 g/mol. The lowest BCUT2D eigenvalue weighted by Gasteiger charge is -2.37. The van der Waals surface area contributed by atoms with E-state index >= 15 is 0 Å². The zero-order chi connectivity index (χ0) is 13.8. The molecule has 5 nitrogen and oxygen atoms in total. The zero-order valence-electron chi connectivity index (χ0n) is 11.6. The number of hydrogen-bond donors (Lipinski definition) is 2. The van der Waals surface area contributed by atoms with Crippen LogP contribution >= 0.6 is 11.6 Å². The van der Waals surface area contributed by atoms with Crippen LogP contribution in [-0.4, -0.2) is 22.5 Å². The summed E-state index contributed by atoms with van der Waals surface area (Å²) in [5, 5.41) is 4.95. The van der Waals surface area contributed by atoms with Gasteiger partial charge in [0.15, 0.2) is 0 Å². The van der Waals surface area contributed by atoms with E-state index in [0.717, 1.165) is 38.1 Å². The normalized spacial score (nSPS) is 24.2. The van der Waals surface area contributed by atoms with Gasteiger partial charge in [0.05, 0.1) is 29.1 Å². The molecule has 19 heavy (non-hydrogen) atoms. The van der Waals surface area contributed by atoms with Crippen LogP contribution in [0.5, 0.6) is 0 Å². The SMILES string of the molecule is CCOC1CC(CC(NN)c2c(Cl)cnn2CC)C1. The van der Waals surface area contributed by atoms with Gasteiger partial charge < -0.3 is 4.74 Å². The second-order valence-electron chi connectivity index (χ2n) is 5.06. The number of hydrazine groups is 1. The highest BCUT2D eigenvalue weighted by Crippen LogP contribution is 2.38. The van der Waals surface area contributed by atoms with Gasteiger partial charge in [-0.05, 0) is 39.0 Å². The highest BCUT2D eigenvalue weighted by Gasteiger charge is 2.33. The van der Waals surface area contributed by atoms with Gasteiger partial charge in [0.2, 0.25) is 0 Å². The number of ether oxygens (including phenoxy) is 1. The Kier molecular flexibility index (Phi) is 5.21. The van der Waals surface area contributed by atoms with Crippen LogP contribution in [0.1, 0.15) is 44.8 Å². The van der Waals surface area contributed by atoms with E-state index in [0.29, 0.717) is 17.0 Å². The van der Waals surface area contributed by atoms with Gasteiger partial charge in [0.25, 0.3) is 0 Å². The number of halogens is 1. The summed E-state index contributed by atoms with van der Waals surface area (Å²) in [6.07, 6.45) is 5.33. The van der Waals surface area contributed by atoms with Crippen LogP contribution in [0, 0.1) is 5.92 Å². The second kappa shape index (κ2) is 6.70. The summed E-state index contributed by atoms with van der Waals surface area (Å²) < 4.78 is 7.50. The average molecular weight is 287 g/mol. The predicted molar refractivity (Wildman–Crippen MR) is 75.7 cm³/mol. The van der Waals surface area contributed by atoms with Crippen molar-refractivity contribution in [2.24, 2.45) is 11.8 Å². The number of nitrogens with zero attached hydrogens (tertiary/aromatic N) is 2. The number of rotatable bonds is 7. The summed E-state index contributed by atoms with van der Waals surface area (Å²) >= 11 is 6.22. The standard InChI is InChI=1S/C13H23ClN4O/c1-3-18-13(11(14)8-16-18)12(17-15)7-9-5-10(6-9)19-4-2/h8-10,12,17H,3-7,15H2,1-2H3. The summed E-state index contributed by atoms with van der Waals surface area (Å²) in [7, 11) is 0. The molecule has 0 aromatic carbocycles. The maximum absolute atomic E-state index is 6.22. The molecule has 0 aliphatic heterocycles. The first-order chi connectivity index (χ1) is 9.19. The average Bonchev–Trinajstić information content (AvgIpc) is 2.73. The third kappa shape index (κ3) is 3.28. The predicted octanol–water partition coefficient (Wildman–Crippen LogP) is 2.27. The molecule has 1 aliphatic carbocycles. The van der Waals surface area contributed by atoms with E-state index in [1.807, 2.05) is 11.6 Å². The molecule has 2 rings (SSSR count). The first-order valence-electron chi connectivity index (χ1n) is 6.98. The van der Waals surface area contributed by atoms with Crippen LogP contribution < -0.4 is 11.3 Å². The number of aromatic nitrogens is 2. The van der Waals surface area contributed by atoms with Crippen LogP contribution in [0.3, 0.4) is 0 Å². The van der Waals surface area contributed by atoms with Crippen LogP contribution in [0.15, 0.2) is 6.20 Å². The summed E-state index contributed by atoms with van der Waals surface area (Å²) in [4.78, 5) is 0. The third-order valence-electron chi connectivity index (χ3n) is 3.83. The van der Waals surface area contributed by atoms with Crippen molar-refractivity contribution >= 4 is 11.6 Å². The molecule has 1 atom stereocenters. The number of nitrogens with two attached hydrogens (primary N) is 1. The molecule has 0 radical (unpaired) electrons. The Morgan fingerprint density at radius 1 is 1.58 bits per heavy atom. The molecular formula is C13H23ClN4O. The van der Waals surface area contributed by atoms with Crippen LogP contribution in [0.2, 0.25) is 5.02 Å². The molecule has 0 saturated heterocycles. The van der Waals surface area contributed by atoms with Gasteiger partial charge in [-0.15, -0.1) is 0 Å². The molecule has 108 valence electrons. The zero-order valence-corrected chi connectivity index (χ0v) is 12.4. The summed E-state index contributed by atoms with van der Waals surface area (Å²) in [6, 6.07) is 0.0579. The van der Waals surface area contributed by atoms with Gasteiger partial charge in [-0.2, -0.15) is 5.10 Å². The van der Waals surface area contributed by atoms with E-state index in [4.69, 9.17) is 22.2 Å². The molecule has 0 amide bonds. The minimum absolute atomic E-state index is 0.0579. The molecule has 1 unspecified atom stereocenters. The lowest BCUT2D eigenvalue weighted by Crippen LogP contribution is -2.37. The maximum atomic E-state index is 6.22. The Hall–Kier alpha value is -0.620. The molecule has 1 aliphatic rings.